The summed E-state index contributed by atoms with van der Waals surface area (Å²) in [5.41, 5.74) is 6.72. The van der Waals surface area contributed by atoms with Gasteiger partial charge in [-0.05, 0) is 44.7 Å². The first-order chi connectivity index (χ1) is 10.1. The number of hydrogen-bond donors (Lipinski definition) is 2. The van der Waals surface area contributed by atoms with Crippen molar-refractivity contribution in [3.63, 3.8) is 0 Å². The molecule has 0 saturated heterocycles. The van der Waals surface area contributed by atoms with E-state index in [0.29, 0.717) is 6.04 Å². The number of furan rings is 1. The van der Waals surface area contributed by atoms with Gasteiger partial charge in [0.15, 0.2) is 0 Å². The highest BCUT2D eigenvalue weighted by atomic mass is 16.3. The van der Waals surface area contributed by atoms with E-state index in [1.165, 1.54) is 0 Å². The average molecular weight is 286 g/mol. The lowest BCUT2D eigenvalue weighted by molar-refractivity contribution is -0.123. The van der Waals surface area contributed by atoms with Crippen molar-refractivity contribution in [1.29, 1.82) is 0 Å². The molecule has 1 fully saturated rings. The van der Waals surface area contributed by atoms with Gasteiger partial charge >= 0.3 is 0 Å². The van der Waals surface area contributed by atoms with Gasteiger partial charge in [0.2, 0.25) is 5.91 Å². The Bertz CT molecular complexity index is 594. The number of carbonyl (C=O) groups is 1. The fraction of sp³-hybridized carbons (Fsp3) is 0.471. The summed E-state index contributed by atoms with van der Waals surface area (Å²) in [4.78, 5) is 12.4. The zero-order valence-corrected chi connectivity index (χ0v) is 12.3. The summed E-state index contributed by atoms with van der Waals surface area (Å²) in [6.07, 6.45) is 3.92. The first-order valence-corrected chi connectivity index (χ1v) is 7.68. The summed E-state index contributed by atoms with van der Waals surface area (Å²) < 4.78 is 5.78. The second-order valence-electron chi connectivity index (χ2n) is 6.03. The molecule has 0 bridgehead atoms. The lowest BCUT2D eigenvalue weighted by atomic mass is 9.91. The molecule has 2 aromatic rings. The molecule has 1 aliphatic rings. The van der Waals surface area contributed by atoms with Crippen LogP contribution in [0.2, 0.25) is 0 Å². The summed E-state index contributed by atoms with van der Waals surface area (Å²) in [6.45, 7) is 1.89. The van der Waals surface area contributed by atoms with E-state index in [1.54, 1.807) is 0 Å². The number of rotatable bonds is 3. The molecule has 0 radical (unpaired) electrons. The molecule has 1 amide bonds. The molecule has 3 rings (SSSR count). The van der Waals surface area contributed by atoms with Crippen LogP contribution in [-0.2, 0) is 4.79 Å². The molecule has 1 saturated carbocycles. The number of amides is 1. The van der Waals surface area contributed by atoms with E-state index in [-0.39, 0.29) is 17.9 Å². The van der Waals surface area contributed by atoms with Crippen LogP contribution in [0.1, 0.15) is 44.3 Å². The summed E-state index contributed by atoms with van der Waals surface area (Å²) in [5, 5.41) is 4.17. The zero-order valence-electron chi connectivity index (χ0n) is 12.3. The molecule has 1 atom stereocenters. The first kappa shape index (κ1) is 14.1. The minimum absolute atomic E-state index is 0.0366. The predicted octanol–water partition coefficient (Wildman–Crippen LogP) is 2.92. The van der Waals surface area contributed by atoms with E-state index in [2.05, 4.69) is 5.32 Å². The highest BCUT2D eigenvalue weighted by molar-refractivity contribution is 5.85. The Hall–Kier alpha value is -1.81. The lowest BCUT2D eigenvalue weighted by Gasteiger charge is -2.27. The monoisotopic (exact) mass is 286 g/mol. The van der Waals surface area contributed by atoms with Gasteiger partial charge in [-0.3, -0.25) is 4.79 Å². The highest BCUT2D eigenvalue weighted by Gasteiger charge is 2.24. The van der Waals surface area contributed by atoms with Crippen molar-refractivity contribution >= 4 is 16.9 Å². The molecular weight excluding hydrogens is 264 g/mol. The van der Waals surface area contributed by atoms with E-state index in [9.17, 15) is 4.79 Å². The Labute approximate surface area is 124 Å². The van der Waals surface area contributed by atoms with Crippen LogP contribution in [0.3, 0.4) is 0 Å². The Morgan fingerprint density at radius 2 is 2.00 bits per heavy atom. The maximum Gasteiger partial charge on any atom is 0.230 e. The lowest BCUT2D eigenvalue weighted by Crippen LogP contribution is -2.41. The third-order valence-electron chi connectivity index (χ3n) is 4.38. The number of nitrogens with two attached hydrogens (primary N) is 1. The number of nitrogens with one attached hydrogen (secondary N) is 1. The van der Waals surface area contributed by atoms with E-state index < -0.39 is 0 Å². The largest absolute Gasteiger partial charge is 0.460 e. The fourth-order valence-corrected chi connectivity index (χ4v) is 2.93. The average Bonchev–Trinajstić information content (AvgIpc) is 2.92. The zero-order chi connectivity index (χ0) is 14.8. The molecule has 1 heterocycles. The van der Waals surface area contributed by atoms with Crippen molar-refractivity contribution in [3.05, 3.63) is 36.1 Å². The molecule has 21 heavy (non-hydrogen) atoms. The predicted molar refractivity (Wildman–Crippen MR) is 83.0 cm³/mol. The van der Waals surface area contributed by atoms with Gasteiger partial charge in [-0.15, -0.1) is 0 Å². The van der Waals surface area contributed by atoms with Crippen molar-refractivity contribution in [3.8, 4) is 0 Å². The van der Waals surface area contributed by atoms with Crippen molar-refractivity contribution in [2.24, 2.45) is 5.73 Å². The number of fused-ring (bicyclic) bond motifs is 1. The van der Waals surface area contributed by atoms with Crippen LogP contribution in [0.15, 0.2) is 34.7 Å². The summed E-state index contributed by atoms with van der Waals surface area (Å²) in [7, 11) is 0. The first-order valence-electron chi connectivity index (χ1n) is 7.68. The molecule has 1 aliphatic carbocycles. The number of hydrogen-bond acceptors (Lipinski definition) is 3. The number of benzene rings is 1. The molecule has 1 aromatic heterocycles. The minimum Gasteiger partial charge on any atom is -0.460 e. The summed E-state index contributed by atoms with van der Waals surface area (Å²) in [6, 6.07) is 10.3. The van der Waals surface area contributed by atoms with Gasteiger partial charge in [-0.25, -0.2) is 0 Å². The van der Waals surface area contributed by atoms with Crippen LogP contribution in [0.5, 0.6) is 0 Å². The maximum atomic E-state index is 12.4. The molecule has 112 valence electrons. The van der Waals surface area contributed by atoms with Crippen molar-refractivity contribution < 1.29 is 9.21 Å². The third-order valence-corrected chi connectivity index (χ3v) is 4.38. The van der Waals surface area contributed by atoms with E-state index in [4.69, 9.17) is 10.2 Å². The molecule has 3 N–H and O–H groups in total. The molecule has 1 unspecified atom stereocenters. The number of carbonyl (C=O) groups excluding carboxylic acids is 1. The van der Waals surface area contributed by atoms with Crippen molar-refractivity contribution in [2.75, 3.05) is 0 Å². The van der Waals surface area contributed by atoms with Gasteiger partial charge in [-0.1, -0.05) is 18.2 Å². The van der Waals surface area contributed by atoms with Crippen LogP contribution in [0.4, 0.5) is 0 Å². The van der Waals surface area contributed by atoms with Gasteiger partial charge in [0.25, 0.3) is 0 Å². The van der Waals surface area contributed by atoms with Gasteiger partial charge in [-0.2, -0.15) is 0 Å². The quantitative estimate of drug-likeness (QED) is 0.911. The maximum absolute atomic E-state index is 12.4. The Morgan fingerprint density at radius 3 is 2.71 bits per heavy atom. The Kier molecular flexibility index (Phi) is 3.97. The normalized spacial score (nSPS) is 23.9. The van der Waals surface area contributed by atoms with Crippen LogP contribution in [-0.4, -0.2) is 18.0 Å². The summed E-state index contributed by atoms with van der Waals surface area (Å²) in [5.74, 6) is 0.490. The SMILES string of the molecule is CC(C(=O)NC1CCC(N)CC1)c1cc2ccccc2o1. The van der Waals surface area contributed by atoms with Crippen molar-refractivity contribution in [2.45, 2.75) is 50.6 Å². The Morgan fingerprint density at radius 1 is 1.29 bits per heavy atom. The van der Waals surface area contributed by atoms with Gasteiger partial charge in [0.1, 0.15) is 11.3 Å². The standard InChI is InChI=1S/C17H22N2O2/c1-11(16-10-12-4-2-3-5-15(12)21-16)17(20)19-14-8-6-13(18)7-9-14/h2-5,10-11,13-14H,6-9,18H2,1H3,(H,19,20). The highest BCUT2D eigenvalue weighted by Crippen LogP contribution is 2.26. The fourth-order valence-electron chi connectivity index (χ4n) is 2.93. The second kappa shape index (κ2) is 5.90. The van der Waals surface area contributed by atoms with Crippen LogP contribution in [0, 0.1) is 0 Å². The molecule has 0 spiro atoms. The number of para-hydroxylation sites is 1. The smallest absolute Gasteiger partial charge is 0.230 e. The molecule has 4 nitrogen and oxygen atoms in total. The van der Waals surface area contributed by atoms with Crippen molar-refractivity contribution in [1.82, 2.24) is 5.32 Å². The second-order valence-corrected chi connectivity index (χ2v) is 6.03. The Balaban J connectivity index is 1.66. The van der Waals surface area contributed by atoms with Crippen LogP contribution in [0.25, 0.3) is 11.0 Å². The molecule has 1 aromatic carbocycles. The molecule has 4 heteroatoms. The topological polar surface area (TPSA) is 68.3 Å². The third kappa shape index (κ3) is 3.10. The van der Waals surface area contributed by atoms with Crippen LogP contribution < -0.4 is 11.1 Å². The van der Waals surface area contributed by atoms with Gasteiger partial charge in [0.05, 0.1) is 5.92 Å². The van der Waals surface area contributed by atoms with Gasteiger partial charge < -0.3 is 15.5 Å². The van der Waals surface area contributed by atoms with E-state index >= 15 is 0 Å². The summed E-state index contributed by atoms with van der Waals surface area (Å²) >= 11 is 0. The van der Waals surface area contributed by atoms with E-state index in [0.717, 1.165) is 42.4 Å². The van der Waals surface area contributed by atoms with Crippen LogP contribution >= 0.6 is 0 Å². The molecule has 0 aliphatic heterocycles. The minimum atomic E-state index is -0.270. The molecular formula is C17H22N2O2. The van der Waals surface area contributed by atoms with Gasteiger partial charge in [0, 0.05) is 17.5 Å². The van der Waals surface area contributed by atoms with E-state index in [1.807, 2.05) is 37.3 Å².